The van der Waals surface area contributed by atoms with E-state index in [0.29, 0.717) is 5.11 Å². The van der Waals surface area contributed by atoms with Crippen LogP contribution in [0.3, 0.4) is 0 Å². The molecule has 3 rings (SSSR count). The first kappa shape index (κ1) is 11.8. The molecule has 1 heterocycles. The van der Waals surface area contributed by atoms with Gasteiger partial charge in [0, 0.05) is 6.54 Å². The van der Waals surface area contributed by atoms with Crippen LogP contribution in [0.2, 0.25) is 0 Å². The summed E-state index contributed by atoms with van der Waals surface area (Å²) >= 11 is 5.36. The predicted octanol–water partition coefficient (Wildman–Crippen LogP) is 3.90. The number of rotatable bonds is 2. The van der Waals surface area contributed by atoms with Gasteiger partial charge in [0.25, 0.3) is 0 Å². The molecule has 0 N–H and O–H groups in total. The normalized spacial score (nSPS) is 21.8. The summed E-state index contributed by atoms with van der Waals surface area (Å²) in [5, 5.41) is 9.32. The van der Waals surface area contributed by atoms with Crippen molar-refractivity contribution in [1.29, 1.82) is 0 Å². The second-order valence-electron chi connectivity index (χ2n) is 5.10. The molecule has 18 heavy (non-hydrogen) atoms. The predicted molar refractivity (Wildman–Crippen MR) is 75.3 cm³/mol. The summed E-state index contributed by atoms with van der Waals surface area (Å²) in [6.07, 6.45) is 5.94. The van der Waals surface area contributed by atoms with E-state index in [1.54, 1.807) is 0 Å². The minimum Gasteiger partial charge on any atom is -0.315 e. The standard InChI is InChI=1S/C14H17N3S/c18-13-15-16-14(9-5-2-6-10-14)17(13)11-12-7-3-1-4-8-12/h1,3-4,7-8H,2,5-6,9-11H2. The van der Waals surface area contributed by atoms with E-state index in [-0.39, 0.29) is 5.66 Å². The van der Waals surface area contributed by atoms with Crippen molar-refractivity contribution >= 4 is 17.3 Å². The highest BCUT2D eigenvalue weighted by atomic mass is 32.1. The number of hydrogen-bond acceptors (Lipinski definition) is 2. The monoisotopic (exact) mass is 259 g/mol. The molecule has 1 fully saturated rings. The zero-order valence-corrected chi connectivity index (χ0v) is 11.2. The lowest BCUT2D eigenvalue weighted by Gasteiger charge is -2.38. The Morgan fingerprint density at radius 2 is 1.83 bits per heavy atom. The van der Waals surface area contributed by atoms with Gasteiger partial charge in [-0.1, -0.05) is 36.8 Å². The van der Waals surface area contributed by atoms with Crippen molar-refractivity contribution in [3.8, 4) is 0 Å². The fourth-order valence-electron chi connectivity index (χ4n) is 2.89. The summed E-state index contributed by atoms with van der Waals surface area (Å²) in [6.45, 7) is 0.826. The third kappa shape index (κ3) is 2.05. The minimum atomic E-state index is -0.134. The Labute approximate surface area is 113 Å². The summed E-state index contributed by atoms with van der Waals surface area (Å²) < 4.78 is 0. The molecule has 4 heteroatoms. The van der Waals surface area contributed by atoms with Crippen LogP contribution in [0.5, 0.6) is 0 Å². The maximum atomic E-state index is 5.36. The van der Waals surface area contributed by atoms with E-state index in [1.807, 2.05) is 6.07 Å². The van der Waals surface area contributed by atoms with Crippen molar-refractivity contribution in [2.24, 2.45) is 10.2 Å². The van der Waals surface area contributed by atoms with Crippen molar-refractivity contribution in [2.45, 2.75) is 44.3 Å². The van der Waals surface area contributed by atoms with E-state index >= 15 is 0 Å². The van der Waals surface area contributed by atoms with E-state index in [4.69, 9.17) is 12.2 Å². The molecule has 0 saturated heterocycles. The third-order valence-electron chi connectivity index (χ3n) is 3.89. The van der Waals surface area contributed by atoms with Gasteiger partial charge in [-0.05, 0) is 43.5 Å². The maximum Gasteiger partial charge on any atom is 0.218 e. The zero-order chi connectivity index (χ0) is 12.4. The van der Waals surface area contributed by atoms with Gasteiger partial charge in [-0.15, -0.1) is 5.11 Å². The Morgan fingerprint density at radius 1 is 1.11 bits per heavy atom. The van der Waals surface area contributed by atoms with Crippen LogP contribution in [0.25, 0.3) is 0 Å². The van der Waals surface area contributed by atoms with Crippen LogP contribution in [-0.4, -0.2) is 15.7 Å². The van der Waals surface area contributed by atoms with E-state index < -0.39 is 0 Å². The molecule has 0 atom stereocenters. The van der Waals surface area contributed by atoms with Gasteiger partial charge in [0.2, 0.25) is 5.11 Å². The Balaban J connectivity index is 1.83. The molecule has 0 amide bonds. The summed E-state index contributed by atoms with van der Waals surface area (Å²) in [5.74, 6) is 0. The first-order chi connectivity index (χ1) is 8.80. The Morgan fingerprint density at radius 3 is 2.56 bits per heavy atom. The van der Waals surface area contributed by atoms with E-state index in [0.717, 1.165) is 19.4 Å². The van der Waals surface area contributed by atoms with Crippen LogP contribution in [0.15, 0.2) is 40.6 Å². The van der Waals surface area contributed by atoms with Gasteiger partial charge in [-0.25, -0.2) is 0 Å². The number of benzene rings is 1. The van der Waals surface area contributed by atoms with Crippen LogP contribution < -0.4 is 0 Å². The van der Waals surface area contributed by atoms with Gasteiger partial charge < -0.3 is 4.90 Å². The van der Waals surface area contributed by atoms with Crippen LogP contribution in [-0.2, 0) is 6.54 Å². The van der Waals surface area contributed by atoms with E-state index in [9.17, 15) is 0 Å². The Bertz CT molecular complexity index is 463. The van der Waals surface area contributed by atoms with Crippen LogP contribution in [0.4, 0.5) is 0 Å². The molecule has 0 unspecified atom stereocenters. The molecule has 3 nitrogen and oxygen atoms in total. The fraction of sp³-hybridized carbons (Fsp3) is 0.500. The second kappa shape index (κ2) is 4.76. The van der Waals surface area contributed by atoms with Crippen LogP contribution in [0, 0.1) is 0 Å². The molecule has 1 aromatic carbocycles. The van der Waals surface area contributed by atoms with Gasteiger partial charge in [0.05, 0.1) is 0 Å². The van der Waals surface area contributed by atoms with Crippen LogP contribution in [0.1, 0.15) is 37.7 Å². The van der Waals surface area contributed by atoms with Crippen molar-refractivity contribution in [2.75, 3.05) is 0 Å². The third-order valence-corrected chi connectivity index (χ3v) is 4.19. The highest BCUT2D eigenvalue weighted by Gasteiger charge is 2.43. The number of nitrogens with zero attached hydrogens (tertiary/aromatic N) is 3. The number of thiocarbonyl (C=S) groups is 1. The zero-order valence-electron chi connectivity index (χ0n) is 10.4. The molecule has 1 aromatic rings. The summed E-state index contributed by atoms with van der Waals surface area (Å²) in [5.41, 5.74) is 1.14. The average Bonchev–Trinajstić information content (AvgIpc) is 2.71. The van der Waals surface area contributed by atoms with Crippen LogP contribution >= 0.6 is 12.2 Å². The lowest BCUT2D eigenvalue weighted by molar-refractivity contribution is 0.132. The van der Waals surface area contributed by atoms with Gasteiger partial charge in [-0.3, -0.25) is 0 Å². The lowest BCUT2D eigenvalue weighted by Crippen LogP contribution is -2.46. The topological polar surface area (TPSA) is 28.0 Å². The lowest BCUT2D eigenvalue weighted by atomic mass is 9.88. The number of azo groups is 1. The van der Waals surface area contributed by atoms with Crippen molar-refractivity contribution in [3.05, 3.63) is 35.9 Å². The van der Waals surface area contributed by atoms with Crippen molar-refractivity contribution in [1.82, 2.24) is 4.90 Å². The largest absolute Gasteiger partial charge is 0.315 e. The van der Waals surface area contributed by atoms with Gasteiger partial charge >= 0.3 is 0 Å². The minimum absolute atomic E-state index is 0.134. The highest BCUT2D eigenvalue weighted by Crippen LogP contribution is 2.39. The van der Waals surface area contributed by atoms with Gasteiger partial charge in [0.1, 0.15) is 0 Å². The smallest absolute Gasteiger partial charge is 0.218 e. The van der Waals surface area contributed by atoms with Gasteiger partial charge in [0.15, 0.2) is 5.66 Å². The van der Waals surface area contributed by atoms with Crippen molar-refractivity contribution in [3.63, 3.8) is 0 Å². The average molecular weight is 259 g/mol. The molecule has 94 valence electrons. The SMILES string of the molecule is S=C1N=NC2(CCCCC2)N1Cc1ccccc1. The molecule has 1 spiro atoms. The first-order valence-corrected chi connectivity index (χ1v) is 6.99. The maximum absolute atomic E-state index is 5.36. The van der Waals surface area contributed by atoms with Crippen molar-refractivity contribution < 1.29 is 0 Å². The molecule has 1 aliphatic carbocycles. The highest BCUT2D eigenvalue weighted by molar-refractivity contribution is 7.80. The Kier molecular flexibility index (Phi) is 3.12. The van der Waals surface area contributed by atoms with Gasteiger partial charge in [-0.2, -0.15) is 5.11 Å². The van der Waals surface area contributed by atoms with E-state index in [2.05, 4.69) is 39.4 Å². The fourth-order valence-corrected chi connectivity index (χ4v) is 3.17. The molecule has 0 aromatic heterocycles. The summed E-state index contributed by atoms with van der Waals surface area (Å²) in [4.78, 5) is 2.22. The quantitative estimate of drug-likeness (QED) is 0.753. The summed E-state index contributed by atoms with van der Waals surface area (Å²) in [7, 11) is 0. The Hall–Kier alpha value is -1.29. The number of hydrogen-bond donors (Lipinski definition) is 0. The molecule has 2 aliphatic rings. The molecular formula is C14H17N3S. The molecule has 0 bridgehead atoms. The molecule has 1 aliphatic heterocycles. The van der Waals surface area contributed by atoms with E-state index in [1.165, 1.54) is 24.8 Å². The molecule has 0 radical (unpaired) electrons. The molecule has 1 saturated carbocycles. The summed E-state index contributed by atoms with van der Waals surface area (Å²) in [6, 6.07) is 10.4. The molecular weight excluding hydrogens is 242 g/mol. The first-order valence-electron chi connectivity index (χ1n) is 6.59. The second-order valence-corrected chi connectivity index (χ2v) is 5.46.